The standard InChI is InChI=1S/C37H60FN9O16/c1-22(2)32(37(59)43-27(19-31(53)54)35(57)40-23(3)33(55)39-10-11-61-14-15-63-17-16-62-13-12-60-4)44-34(56)25(7-8-29(49)50)42-36(58)26(18-30(51)52)41-28(48)21-47-20-24(45-46-47)6-5-9-38/h20,22-23,25-27,32H,5-19,21H2,1-4H3,(H,39,55)(H,40,57)(H,41,48)(H,42,58)(H,43,59)(H,44,56)(H,49,50)(H,51,52)(H,53,54)/t23-,25-,26-,27-,32-/m0/s1. The molecule has 1 aromatic rings. The van der Waals surface area contributed by atoms with Gasteiger partial charge in [-0.25, -0.2) is 4.68 Å². The van der Waals surface area contributed by atoms with E-state index in [1.165, 1.54) is 27.0 Å². The van der Waals surface area contributed by atoms with Crippen molar-refractivity contribution >= 4 is 53.4 Å². The molecule has 1 heterocycles. The number of carboxylic acid groups (broad SMARTS) is 3. The summed E-state index contributed by atoms with van der Waals surface area (Å²) in [6.45, 7) is 5.48. The zero-order valence-electron chi connectivity index (χ0n) is 35.7. The molecule has 0 saturated heterocycles. The Labute approximate surface area is 362 Å². The lowest BCUT2D eigenvalue weighted by atomic mass is 10.0. The second kappa shape index (κ2) is 31.1. The van der Waals surface area contributed by atoms with Gasteiger partial charge in [-0.2, -0.15) is 0 Å². The Balaban J connectivity index is 2.93. The fourth-order valence-electron chi connectivity index (χ4n) is 5.26. The molecule has 0 bridgehead atoms. The van der Waals surface area contributed by atoms with Crippen LogP contribution in [0, 0.1) is 5.92 Å². The average molecular weight is 906 g/mol. The van der Waals surface area contributed by atoms with Crippen molar-refractivity contribution in [3.05, 3.63) is 11.9 Å². The highest BCUT2D eigenvalue weighted by molar-refractivity contribution is 5.98. The van der Waals surface area contributed by atoms with Gasteiger partial charge in [-0.3, -0.25) is 47.5 Å². The van der Waals surface area contributed by atoms with Crippen molar-refractivity contribution in [3.8, 4) is 0 Å². The van der Waals surface area contributed by atoms with E-state index < -0.39 is 128 Å². The minimum absolute atomic E-state index is 0.0575. The Kier molecular flexibility index (Phi) is 27.2. The van der Waals surface area contributed by atoms with Crippen LogP contribution < -0.4 is 31.9 Å². The van der Waals surface area contributed by atoms with Gasteiger partial charge in [-0.05, 0) is 32.1 Å². The quantitative estimate of drug-likeness (QED) is 0.0305. The van der Waals surface area contributed by atoms with Crippen LogP contribution in [0.15, 0.2) is 6.20 Å². The first-order valence-electron chi connectivity index (χ1n) is 20.0. The fourth-order valence-corrected chi connectivity index (χ4v) is 5.26. The number of halogens is 1. The van der Waals surface area contributed by atoms with Crippen molar-refractivity contribution in [3.63, 3.8) is 0 Å². The highest BCUT2D eigenvalue weighted by atomic mass is 19.1. The molecule has 63 heavy (non-hydrogen) atoms. The molecule has 26 heteroatoms. The molecule has 0 aliphatic heterocycles. The number of alkyl halides is 1. The van der Waals surface area contributed by atoms with Gasteiger partial charge >= 0.3 is 17.9 Å². The van der Waals surface area contributed by atoms with Crippen LogP contribution in [0.1, 0.15) is 58.6 Å². The number of hydrogen-bond acceptors (Lipinski definition) is 15. The molecule has 0 fully saturated rings. The third-order valence-electron chi connectivity index (χ3n) is 8.50. The van der Waals surface area contributed by atoms with Crippen LogP contribution in [-0.4, -0.2) is 180 Å². The summed E-state index contributed by atoms with van der Waals surface area (Å²) in [5.74, 6) is -11.2. The number of hydrogen-bond donors (Lipinski definition) is 9. The molecule has 25 nitrogen and oxygen atoms in total. The SMILES string of the molecule is COCCOCCOCCOCCNC(=O)[C@H](C)NC(=O)[C@H](CC(=O)O)NC(=O)[C@@H](NC(=O)[C@H](CCC(=O)O)NC(=O)[C@H](CC(=O)O)NC(=O)Cn1cc(CCCF)nn1)C(C)C. The van der Waals surface area contributed by atoms with Crippen LogP contribution in [0.5, 0.6) is 0 Å². The number of methoxy groups -OCH3 is 1. The van der Waals surface area contributed by atoms with Gasteiger partial charge in [0.1, 0.15) is 36.8 Å². The van der Waals surface area contributed by atoms with E-state index in [4.69, 9.17) is 18.9 Å². The maximum Gasteiger partial charge on any atom is 0.305 e. The van der Waals surface area contributed by atoms with E-state index in [0.29, 0.717) is 32.1 Å². The lowest BCUT2D eigenvalue weighted by Gasteiger charge is -2.28. The van der Waals surface area contributed by atoms with Crippen molar-refractivity contribution in [2.24, 2.45) is 5.92 Å². The van der Waals surface area contributed by atoms with Gasteiger partial charge in [0.05, 0.1) is 71.5 Å². The zero-order chi connectivity index (χ0) is 47.3. The van der Waals surface area contributed by atoms with E-state index in [1.807, 2.05) is 0 Å². The Bertz CT molecular complexity index is 1650. The number of aromatic nitrogens is 3. The number of aryl methyl sites for hydroxylation is 1. The number of amides is 6. The van der Waals surface area contributed by atoms with Crippen LogP contribution in [0.25, 0.3) is 0 Å². The number of carbonyl (C=O) groups excluding carboxylic acids is 6. The van der Waals surface area contributed by atoms with Gasteiger partial charge in [0, 0.05) is 26.3 Å². The van der Waals surface area contributed by atoms with Crippen LogP contribution in [0.4, 0.5) is 4.39 Å². The van der Waals surface area contributed by atoms with Gasteiger partial charge in [0.15, 0.2) is 0 Å². The van der Waals surface area contributed by atoms with Crippen molar-refractivity contribution < 1.29 is 81.8 Å². The predicted octanol–water partition coefficient (Wildman–Crippen LogP) is -3.09. The molecule has 5 atom stereocenters. The number of rotatable bonds is 35. The van der Waals surface area contributed by atoms with E-state index >= 15 is 0 Å². The van der Waals surface area contributed by atoms with Crippen molar-refractivity contribution in [2.45, 2.75) is 96.1 Å². The van der Waals surface area contributed by atoms with Gasteiger partial charge in [-0.1, -0.05) is 19.1 Å². The molecule has 0 unspecified atom stereocenters. The van der Waals surface area contributed by atoms with Crippen molar-refractivity contribution in [2.75, 3.05) is 66.6 Å². The Morgan fingerprint density at radius 2 is 1.22 bits per heavy atom. The minimum atomic E-state index is -1.78. The number of ether oxygens (including phenoxy) is 4. The minimum Gasteiger partial charge on any atom is -0.481 e. The second-order valence-electron chi connectivity index (χ2n) is 14.2. The fraction of sp³-hybridized carbons (Fsp3) is 0.703. The smallest absolute Gasteiger partial charge is 0.305 e. The first-order valence-corrected chi connectivity index (χ1v) is 20.0. The number of aliphatic carboxylic acids is 3. The molecule has 0 radical (unpaired) electrons. The van der Waals surface area contributed by atoms with E-state index in [-0.39, 0.29) is 39.2 Å². The summed E-state index contributed by atoms with van der Waals surface area (Å²) < 4.78 is 34.4. The van der Waals surface area contributed by atoms with Gasteiger partial charge in [-0.15, -0.1) is 5.10 Å². The average Bonchev–Trinajstić information content (AvgIpc) is 3.66. The molecule has 0 saturated carbocycles. The molecule has 0 aliphatic rings. The summed E-state index contributed by atoms with van der Waals surface area (Å²) in [5, 5.41) is 49.7. The van der Waals surface area contributed by atoms with Crippen LogP contribution in [0.3, 0.4) is 0 Å². The molecular formula is C37H60FN9O16. The first-order chi connectivity index (χ1) is 29.9. The summed E-state index contributed by atoms with van der Waals surface area (Å²) in [4.78, 5) is 114. The molecule has 6 amide bonds. The third-order valence-corrected chi connectivity index (χ3v) is 8.50. The normalized spacial score (nSPS) is 13.4. The topological polar surface area (TPSA) is 354 Å². The lowest BCUT2D eigenvalue weighted by Crippen LogP contribution is -2.60. The number of carboxylic acids is 3. The molecule has 0 aliphatic carbocycles. The van der Waals surface area contributed by atoms with E-state index in [1.54, 1.807) is 7.11 Å². The highest BCUT2D eigenvalue weighted by Gasteiger charge is 2.34. The van der Waals surface area contributed by atoms with E-state index in [9.17, 15) is 62.9 Å². The maximum absolute atomic E-state index is 13.6. The Hall–Kier alpha value is -5.86. The first kappa shape index (κ1) is 55.2. The summed E-state index contributed by atoms with van der Waals surface area (Å²) >= 11 is 0. The molecule has 1 rings (SSSR count). The van der Waals surface area contributed by atoms with Gasteiger partial charge in [0.25, 0.3) is 0 Å². The monoisotopic (exact) mass is 905 g/mol. The molecule has 0 spiro atoms. The molecule has 1 aromatic heterocycles. The largest absolute Gasteiger partial charge is 0.481 e. The molecule has 0 aromatic carbocycles. The molecule has 356 valence electrons. The van der Waals surface area contributed by atoms with Crippen molar-refractivity contribution in [1.82, 2.24) is 46.9 Å². The maximum atomic E-state index is 13.6. The van der Waals surface area contributed by atoms with Crippen LogP contribution in [0.2, 0.25) is 0 Å². The third kappa shape index (κ3) is 24.4. The Morgan fingerprint density at radius 1 is 0.683 bits per heavy atom. The molecule has 9 N–H and O–H groups in total. The summed E-state index contributed by atoms with van der Waals surface area (Å²) in [7, 11) is 1.56. The van der Waals surface area contributed by atoms with E-state index in [2.05, 4.69) is 42.2 Å². The van der Waals surface area contributed by atoms with E-state index in [0.717, 1.165) is 4.68 Å². The summed E-state index contributed by atoms with van der Waals surface area (Å²) in [6, 6.07) is -7.96. The summed E-state index contributed by atoms with van der Waals surface area (Å²) in [6.07, 6.45) is -1.40. The lowest BCUT2D eigenvalue weighted by molar-refractivity contribution is -0.142. The van der Waals surface area contributed by atoms with Gasteiger partial charge < -0.3 is 66.2 Å². The zero-order valence-corrected chi connectivity index (χ0v) is 35.7. The number of carbonyl (C=O) groups is 9. The van der Waals surface area contributed by atoms with Crippen molar-refractivity contribution in [1.29, 1.82) is 0 Å². The highest BCUT2D eigenvalue weighted by Crippen LogP contribution is 2.08. The number of nitrogens with zero attached hydrogens (tertiary/aromatic N) is 3. The molecular weight excluding hydrogens is 845 g/mol. The van der Waals surface area contributed by atoms with Gasteiger partial charge in [0.2, 0.25) is 35.4 Å². The van der Waals surface area contributed by atoms with Crippen LogP contribution in [-0.2, 0) is 75.1 Å². The van der Waals surface area contributed by atoms with Crippen LogP contribution >= 0.6 is 0 Å². The number of nitrogens with one attached hydrogen (secondary N) is 6. The summed E-state index contributed by atoms with van der Waals surface area (Å²) in [5.41, 5.74) is 0.379. The Morgan fingerprint density at radius 3 is 1.78 bits per heavy atom. The predicted molar refractivity (Wildman–Crippen MR) is 213 cm³/mol. The second-order valence-corrected chi connectivity index (χ2v) is 14.2.